The molecule has 0 atom stereocenters. The van der Waals surface area contributed by atoms with Crippen molar-refractivity contribution in [1.82, 2.24) is 0 Å². The van der Waals surface area contributed by atoms with Crippen molar-refractivity contribution in [3.8, 4) is 5.75 Å². The Bertz CT molecular complexity index is 1090. The Kier molecular flexibility index (Phi) is 4.79. The normalized spacial score (nSPS) is 15.2. The summed E-state index contributed by atoms with van der Waals surface area (Å²) in [7, 11) is 0. The predicted octanol–water partition coefficient (Wildman–Crippen LogP) is 5.13. The van der Waals surface area contributed by atoms with Crippen LogP contribution in [0.25, 0.3) is 6.08 Å². The highest BCUT2D eigenvalue weighted by Crippen LogP contribution is 2.29. The number of rotatable bonds is 3. The summed E-state index contributed by atoms with van der Waals surface area (Å²) in [6, 6.07) is 19.6. The zero-order valence-corrected chi connectivity index (χ0v) is 16.1. The van der Waals surface area contributed by atoms with Crippen molar-refractivity contribution in [2.75, 3.05) is 4.90 Å². The van der Waals surface area contributed by atoms with Crippen LogP contribution in [0, 0.1) is 5.82 Å². The lowest BCUT2D eigenvalue weighted by Crippen LogP contribution is -2.32. The molecule has 0 aromatic heterocycles. The summed E-state index contributed by atoms with van der Waals surface area (Å²) in [4.78, 5) is 19.1. The smallest absolute Gasteiger partial charge is 0.282 e. The largest absolute Gasteiger partial charge is 0.508 e. The van der Waals surface area contributed by atoms with Crippen molar-refractivity contribution in [3.63, 3.8) is 0 Å². The number of nitrogens with zero attached hydrogens (tertiary/aromatic N) is 2. The minimum Gasteiger partial charge on any atom is -0.508 e. The number of amides is 1. The molecule has 1 heterocycles. The maximum Gasteiger partial charge on any atom is 0.282 e. The molecule has 0 fully saturated rings. The summed E-state index contributed by atoms with van der Waals surface area (Å²) >= 11 is 3.39. The van der Waals surface area contributed by atoms with Gasteiger partial charge in [-0.2, -0.15) is 0 Å². The van der Waals surface area contributed by atoms with Gasteiger partial charge in [-0.15, -0.1) is 0 Å². The number of aromatic hydroxyl groups is 1. The van der Waals surface area contributed by atoms with Crippen molar-refractivity contribution in [3.05, 3.63) is 99.9 Å². The second-order valence-corrected chi connectivity index (χ2v) is 7.10. The Morgan fingerprint density at radius 3 is 2.21 bits per heavy atom. The Hall–Kier alpha value is -3.25. The molecule has 0 radical (unpaired) electrons. The van der Waals surface area contributed by atoms with Gasteiger partial charge in [0.15, 0.2) is 0 Å². The van der Waals surface area contributed by atoms with E-state index in [0.29, 0.717) is 17.1 Å². The number of phenolic OH excluding ortho intramolecular Hbond substituents is 1. The van der Waals surface area contributed by atoms with Gasteiger partial charge in [-0.25, -0.2) is 9.38 Å². The second kappa shape index (κ2) is 7.40. The van der Waals surface area contributed by atoms with E-state index in [1.165, 1.54) is 29.2 Å². The molecule has 3 aromatic carbocycles. The van der Waals surface area contributed by atoms with Crippen LogP contribution in [0.15, 0.2) is 88.0 Å². The molecule has 0 unspecified atom stereocenters. The van der Waals surface area contributed by atoms with Crippen LogP contribution in [0.3, 0.4) is 0 Å². The molecule has 4 nitrogen and oxygen atoms in total. The van der Waals surface area contributed by atoms with Gasteiger partial charge in [0.25, 0.3) is 5.91 Å². The molecule has 1 N–H and O–H groups in total. The number of amidine groups is 1. The topological polar surface area (TPSA) is 52.9 Å². The zero-order chi connectivity index (χ0) is 19.7. The van der Waals surface area contributed by atoms with Gasteiger partial charge in [0.1, 0.15) is 23.1 Å². The molecule has 1 aliphatic heterocycles. The van der Waals surface area contributed by atoms with Gasteiger partial charge in [0.2, 0.25) is 0 Å². The van der Waals surface area contributed by atoms with Crippen molar-refractivity contribution >= 4 is 39.4 Å². The number of carbonyl (C=O) groups is 1. The van der Waals surface area contributed by atoms with E-state index in [9.17, 15) is 14.3 Å². The van der Waals surface area contributed by atoms with Gasteiger partial charge in [0.05, 0.1) is 5.69 Å². The number of carbonyl (C=O) groups excluding carboxylic acids is 1. The van der Waals surface area contributed by atoms with E-state index in [4.69, 9.17) is 0 Å². The molecular formula is C22H14BrFN2O2. The Balaban J connectivity index is 1.81. The third kappa shape index (κ3) is 3.59. The fourth-order valence-corrected chi connectivity index (χ4v) is 3.13. The molecule has 4 rings (SSSR count). The Morgan fingerprint density at radius 2 is 1.57 bits per heavy atom. The van der Waals surface area contributed by atoms with Gasteiger partial charge in [0, 0.05) is 10.0 Å². The first-order chi connectivity index (χ1) is 13.5. The van der Waals surface area contributed by atoms with E-state index in [-0.39, 0.29) is 23.2 Å². The number of phenols is 1. The van der Waals surface area contributed by atoms with Crippen LogP contribution in [-0.2, 0) is 4.79 Å². The summed E-state index contributed by atoms with van der Waals surface area (Å²) in [6.45, 7) is 0. The summed E-state index contributed by atoms with van der Waals surface area (Å²) in [5.74, 6) is -0.163. The van der Waals surface area contributed by atoms with Crippen molar-refractivity contribution in [1.29, 1.82) is 0 Å². The highest BCUT2D eigenvalue weighted by atomic mass is 79.9. The van der Waals surface area contributed by atoms with Crippen molar-refractivity contribution in [2.24, 2.45) is 4.99 Å². The zero-order valence-electron chi connectivity index (χ0n) is 14.5. The maximum absolute atomic E-state index is 13.3. The van der Waals surface area contributed by atoms with E-state index in [2.05, 4.69) is 20.9 Å². The van der Waals surface area contributed by atoms with Gasteiger partial charge in [-0.3, -0.25) is 9.69 Å². The van der Waals surface area contributed by atoms with Crippen LogP contribution in [-0.4, -0.2) is 16.8 Å². The van der Waals surface area contributed by atoms with Gasteiger partial charge < -0.3 is 5.11 Å². The Morgan fingerprint density at radius 1 is 0.929 bits per heavy atom. The monoisotopic (exact) mass is 436 g/mol. The standard InChI is InChI=1S/C22H14BrFN2O2/c23-16-5-1-14(2-6-16)13-20-22(28)26(18-9-11-19(27)12-10-18)21(25-20)15-3-7-17(24)8-4-15/h1-13,27H/b20-13+. The van der Waals surface area contributed by atoms with Gasteiger partial charge in [-0.05, 0) is 72.3 Å². The number of halogens is 2. The molecule has 28 heavy (non-hydrogen) atoms. The third-order valence-electron chi connectivity index (χ3n) is 4.24. The van der Waals surface area contributed by atoms with E-state index in [1.807, 2.05) is 24.3 Å². The highest BCUT2D eigenvalue weighted by molar-refractivity contribution is 9.10. The van der Waals surface area contributed by atoms with Crippen molar-refractivity contribution < 1.29 is 14.3 Å². The van der Waals surface area contributed by atoms with Gasteiger partial charge in [-0.1, -0.05) is 28.1 Å². The van der Waals surface area contributed by atoms with Gasteiger partial charge >= 0.3 is 0 Å². The molecule has 138 valence electrons. The fourth-order valence-electron chi connectivity index (χ4n) is 2.87. The molecule has 0 spiro atoms. The van der Waals surface area contributed by atoms with E-state index < -0.39 is 0 Å². The highest BCUT2D eigenvalue weighted by Gasteiger charge is 2.32. The lowest BCUT2D eigenvalue weighted by Gasteiger charge is -2.18. The van der Waals surface area contributed by atoms with Crippen LogP contribution >= 0.6 is 15.9 Å². The molecule has 1 amide bonds. The van der Waals surface area contributed by atoms with Crippen LogP contribution in [0.5, 0.6) is 5.75 Å². The summed E-state index contributed by atoms with van der Waals surface area (Å²) in [5.41, 5.74) is 2.28. The fraction of sp³-hybridized carbons (Fsp3) is 0. The number of aliphatic imine (C=N–C) groups is 1. The molecule has 0 saturated carbocycles. The van der Waals surface area contributed by atoms with Crippen LogP contribution in [0.4, 0.5) is 10.1 Å². The quantitative estimate of drug-likeness (QED) is 0.578. The molecule has 0 saturated heterocycles. The first-order valence-corrected chi connectivity index (χ1v) is 9.26. The maximum atomic E-state index is 13.3. The first-order valence-electron chi connectivity index (χ1n) is 8.47. The number of hydrogen-bond acceptors (Lipinski definition) is 3. The summed E-state index contributed by atoms with van der Waals surface area (Å²) in [5, 5.41) is 9.56. The number of benzene rings is 3. The number of hydrogen-bond donors (Lipinski definition) is 1. The molecule has 1 aliphatic rings. The van der Waals surface area contributed by atoms with E-state index >= 15 is 0 Å². The first kappa shape index (κ1) is 18.1. The minimum atomic E-state index is -0.365. The summed E-state index contributed by atoms with van der Waals surface area (Å²) < 4.78 is 14.3. The molecule has 0 aliphatic carbocycles. The molecular weight excluding hydrogens is 423 g/mol. The molecule has 0 bridgehead atoms. The molecule has 3 aromatic rings. The SMILES string of the molecule is O=C1/C(=C\c2ccc(Br)cc2)N=C(c2ccc(F)cc2)N1c1ccc(O)cc1. The number of anilines is 1. The molecule has 6 heteroatoms. The van der Waals surface area contributed by atoms with Crippen LogP contribution in [0.1, 0.15) is 11.1 Å². The van der Waals surface area contributed by atoms with Crippen LogP contribution < -0.4 is 4.90 Å². The van der Waals surface area contributed by atoms with Crippen LogP contribution in [0.2, 0.25) is 0 Å². The minimum absolute atomic E-state index is 0.0984. The second-order valence-electron chi connectivity index (χ2n) is 6.18. The van der Waals surface area contributed by atoms with Crippen molar-refractivity contribution in [2.45, 2.75) is 0 Å². The van der Waals surface area contributed by atoms with E-state index in [0.717, 1.165) is 10.0 Å². The van der Waals surface area contributed by atoms with E-state index in [1.54, 1.807) is 30.3 Å². The lowest BCUT2D eigenvalue weighted by molar-refractivity contribution is -0.113. The average molecular weight is 437 g/mol. The Labute approximate surface area is 169 Å². The average Bonchev–Trinajstić information content (AvgIpc) is 3.01. The third-order valence-corrected chi connectivity index (χ3v) is 4.77. The lowest BCUT2D eigenvalue weighted by atomic mass is 10.1. The summed E-state index contributed by atoms with van der Waals surface area (Å²) in [6.07, 6.45) is 1.71. The predicted molar refractivity (Wildman–Crippen MR) is 111 cm³/mol.